The zero-order valence-electron chi connectivity index (χ0n) is 10.7. The molecule has 0 aromatic carbocycles. The highest BCUT2D eigenvalue weighted by molar-refractivity contribution is 7.92. The summed E-state index contributed by atoms with van der Waals surface area (Å²) in [5.74, 6) is -1.31. The second kappa shape index (κ2) is 4.93. The van der Waals surface area contributed by atoms with Crippen molar-refractivity contribution in [2.75, 3.05) is 4.72 Å². The number of hydrogen-bond acceptors (Lipinski definition) is 5. The smallest absolute Gasteiger partial charge is 0.357 e. The second-order valence-corrected chi connectivity index (χ2v) is 5.72. The third-order valence-electron chi connectivity index (χ3n) is 2.49. The van der Waals surface area contributed by atoms with E-state index in [-0.39, 0.29) is 11.5 Å². The van der Waals surface area contributed by atoms with Crippen molar-refractivity contribution in [2.24, 2.45) is 0 Å². The van der Waals surface area contributed by atoms with E-state index >= 15 is 0 Å². The lowest BCUT2D eigenvalue weighted by molar-refractivity contribution is 0.0686. The number of hydrogen-bond donors (Lipinski definition) is 3. The molecule has 20 heavy (non-hydrogen) atoms. The van der Waals surface area contributed by atoms with Crippen molar-refractivity contribution in [3.63, 3.8) is 0 Å². The van der Waals surface area contributed by atoms with Crippen molar-refractivity contribution in [1.29, 1.82) is 0 Å². The van der Waals surface area contributed by atoms with Gasteiger partial charge in [-0.2, -0.15) is 5.10 Å². The lowest BCUT2D eigenvalue weighted by atomic mass is 10.4. The van der Waals surface area contributed by atoms with E-state index < -0.39 is 26.6 Å². The normalized spacial score (nSPS) is 11.3. The van der Waals surface area contributed by atoms with Gasteiger partial charge in [-0.25, -0.2) is 18.2 Å². The van der Waals surface area contributed by atoms with Gasteiger partial charge < -0.3 is 5.11 Å². The molecule has 9 heteroatoms. The molecule has 106 valence electrons. The number of carboxylic acid groups (broad SMARTS) is 1. The van der Waals surface area contributed by atoms with Gasteiger partial charge in [0.05, 0.1) is 5.69 Å². The minimum absolute atomic E-state index is 0.113. The molecule has 0 bridgehead atoms. The number of aromatic nitrogens is 3. The average Bonchev–Trinajstić information content (AvgIpc) is 2.71. The number of nitrogens with zero attached hydrogens (tertiary/aromatic N) is 2. The zero-order valence-corrected chi connectivity index (χ0v) is 11.5. The molecule has 0 saturated heterocycles. The topological polar surface area (TPSA) is 125 Å². The SMILES string of the molecule is Cc1cccc(NS(=O)(=O)c2c(C(=O)O)n[nH]c2C)n1. The molecule has 0 amide bonds. The van der Waals surface area contributed by atoms with Gasteiger partial charge in [0.1, 0.15) is 10.7 Å². The molecule has 0 atom stereocenters. The van der Waals surface area contributed by atoms with Crippen molar-refractivity contribution in [1.82, 2.24) is 15.2 Å². The Hall–Kier alpha value is -2.42. The highest BCUT2D eigenvalue weighted by atomic mass is 32.2. The lowest BCUT2D eigenvalue weighted by Crippen LogP contribution is -2.17. The minimum Gasteiger partial charge on any atom is -0.476 e. The number of nitrogens with one attached hydrogen (secondary N) is 2. The van der Waals surface area contributed by atoms with Gasteiger partial charge in [-0.1, -0.05) is 6.07 Å². The van der Waals surface area contributed by atoms with Crippen molar-refractivity contribution < 1.29 is 18.3 Å². The monoisotopic (exact) mass is 296 g/mol. The van der Waals surface area contributed by atoms with E-state index in [1.807, 2.05) is 0 Å². The number of H-pyrrole nitrogens is 1. The van der Waals surface area contributed by atoms with Crippen LogP contribution < -0.4 is 4.72 Å². The average molecular weight is 296 g/mol. The predicted molar refractivity (Wildman–Crippen MR) is 70.1 cm³/mol. The Morgan fingerprint density at radius 1 is 1.35 bits per heavy atom. The van der Waals surface area contributed by atoms with E-state index in [1.165, 1.54) is 13.0 Å². The maximum absolute atomic E-state index is 12.2. The summed E-state index contributed by atoms with van der Waals surface area (Å²) in [4.78, 5) is 14.6. The molecule has 2 aromatic rings. The quantitative estimate of drug-likeness (QED) is 0.770. The highest BCUT2D eigenvalue weighted by Crippen LogP contribution is 2.20. The number of aryl methyl sites for hydroxylation is 2. The van der Waals surface area contributed by atoms with E-state index in [9.17, 15) is 13.2 Å². The van der Waals surface area contributed by atoms with Crippen LogP contribution in [-0.2, 0) is 10.0 Å². The van der Waals surface area contributed by atoms with E-state index in [2.05, 4.69) is 19.9 Å². The second-order valence-electron chi connectivity index (χ2n) is 4.10. The van der Waals surface area contributed by atoms with Crippen LogP contribution in [0.2, 0.25) is 0 Å². The molecular weight excluding hydrogens is 284 g/mol. The molecule has 2 heterocycles. The van der Waals surface area contributed by atoms with E-state index in [0.717, 1.165) is 0 Å². The molecule has 0 radical (unpaired) electrons. The number of carbonyl (C=O) groups is 1. The summed E-state index contributed by atoms with van der Waals surface area (Å²) in [6, 6.07) is 4.82. The number of pyridine rings is 1. The Labute approximate surface area is 114 Å². The number of rotatable bonds is 4. The van der Waals surface area contributed by atoms with Crippen molar-refractivity contribution in [3.05, 3.63) is 35.3 Å². The molecule has 0 unspecified atom stereocenters. The van der Waals surface area contributed by atoms with Crippen LogP contribution in [0.1, 0.15) is 21.9 Å². The summed E-state index contributed by atoms with van der Waals surface area (Å²) in [5.41, 5.74) is 0.220. The van der Waals surface area contributed by atoms with Gasteiger partial charge in [0.2, 0.25) is 0 Å². The molecule has 2 aromatic heterocycles. The number of aromatic carboxylic acids is 1. The molecule has 0 fully saturated rings. The first-order valence-corrected chi connectivity index (χ1v) is 7.04. The fourth-order valence-electron chi connectivity index (χ4n) is 1.68. The summed E-state index contributed by atoms with van der Waals surface area (Å²) in [7, 11) is -4.08. The van der Waals surface area contributed by atoms with Crippen LogP contribution >= 0.6 is 0 Å². The van der Waals surface area contributed by atoms with Gasteiger partial charge in [-0.3, -0.25) is 9.82 Å². The standard InChI is InChI=1S/C11H12N4O4S/c1-6-4-3-5-8(12-6)15-20(18,19)10-7(2)13-14-9(10)11(16)17/h3-5H,1-2H3,(H,12,15)(H,13,14)(H,16,17). The Bertz CT molecular complexity index is 766. The highest BCUT2D eigenvalue weighted by Gasteiger charge is 2.28. The Morgan fingerprint density at radius 3 is 2.65 bits per heavy atom. The predicted octanol–water partition coefficient (Wildman–Crippen LogP) is 0.921. The van der Waals surface area contributed by atoms with Crippen molar-refractivity contribution in [2.45, 2.75) is 18.7 Å². The number of anilines is 1. The molecule has 0 aliphatic rings. The maximum Gasteiger partial charge on any atom is 0.357 e. The molecule has 8 nitrogen and oxygen atoms in total. The van der Waals surface area contributed by atoms with Crippen LogP contribution in [0.3, 0.4) is 0 Å². The van der Waals surface area contributed by atoms with Crippen LogP contribution in [0.15, 0.2) is 23.1 Å². The van der Waals surface area contributed by atoms with Crippen molar-refractivity contribution >= 4 is 21.8 Å². The summed E-state index contributed by atoms with van der Waals surface area (Å²) in [5, 5.41) is 14.8. The molecule has 0 aliphatic heterocycles. The third-order valence-corrected chi connectivity index (χ3v) is 4.00. The lowest BCUT2D eigenvalue weighted by Gasteiger charge is -2.07. The largest absolute Gasteiger partial charge is 0.476 e. The van der Waals surface area contributed by atoms with E-state index in [1.54, 1.807) is 19.1 Å². The Morgan fingerprint density at radius 2 is 2.05 bits per heavy atom. The zero-order chi connectivity index (χ0) is 14.9. The molecule has 3 N–H and O–H groups in total. The van der Waals surface area contributed by atoms with Crippen LogP contribution in [0.5, 0.6) is 0 Å². The van der Waals surface area contributed by atoms with Gasteiger partial charge >= 0.3 is 5.97 Å². The summed E-state index contributed by atoms with van der Waals surface area (Å²) in [6.07, 6.45) is 0. The van der Waals surface area contributed by atoms with Crippen LogP contribution in [0.4, 0.5) is 5.82 Å². The molecule has 0 saturated carbocycles. The summed E-state index contributed by atoms with van der Waals surface area (Å²) < 4.78 is 26.7. The van der Waals surface area contributed by atoms with Crippen LogP contribution in [-0.4, -0.2) is 34.7 Å². The molecule has 2 rings (SSSR count). The maximum atomic E-state index is 12.2. The fourth-order valence-corrected chi connectivity index (χ4v) is 3.01. The Kier molecular flexibility index (Phi) is 3.45. The van der Waals surface area contributed by atoms with Gasteiger partial charge in [0.25, 0.3) is 10.0 Å². The first-order chi connectivity index (χ1) is 9.31. The number of aromatic amines is 1. The Balaban J connectivity index is 2.46. The summed E-state index contributed by atoms with van der Waals surface area (Å²) >= 11 is 0. The van der Waals surface area contributed by atoms with Gasteiger partial charge in [-0.15, -0.1) is 0 Å². The van der Waals surface area contributed by atoms with Gasteiger partial charge in [-0.05, 0) is 26.0 Å². The molecule has 0 aliphatic carbocycles. The van der Waals surface area contributed by atoms with E-state index in [4.69, 9.17) is 5.11 Å². The molecular formula is C11H12N4O4S. The first-order valence-electron chi connectivity index (χ1n) is 5.56. The minimum atomic E-state index is -4.08. The number of carboxylic acids is 1. The van der Waals surface area contributed by atoms with Crippen LogP contribution in [0, 0.1) is 13.8 Å². The number of sulfonamides is 1. The van der Waals surface area contributed by atoms with Crippen molar-refractivity contribution in [3.8, 4) is 0 Å². The van der Waals surface area contributed by atoms with Gasteiger partial charge in [0, 0.05) is 5.69 Å². The fraction of sp³-hybridized carbons (Fsp3) is 0.182. The third kappa shape index (κ3) is 2.62. The summed E-state index contributed by atoms with van der Waals surface area (Å²) in [6.45, 7) is 3.14. The molecule has 0 spiro atoms. The van der Waals surface area contributed by atoms with E-state index in [0.29, 0.717) is 5.69 Å². The van der Waals surface area contributed by atoms with Gasteiger partial charge in [0.15, 0.2) is 5.69 Å². The van der Waals surface area contributed by atoms with Crippen LogP contribution in [0.25, 0.3) is 0 Å². The first kappa shape index (κ1) is 14.0.